The molecule has 1 aliphatic heterocycles. The first-order chi connectivity index (χ1) is 14.1. The molecule has 1 fully saturated rings. The summed E-state index contributed by atoms with van der Waals surface area (Å²) in [4.78, 5) is 17.4. The van der Waals surface area contributed by atoms with E-state index in [0.29, 0.717) is 40.9 Å². The van der Waals surface area contributed by atoms with Gasteiger partial charge in [0.05, 0.1) is 12.8 Å². The molecule has 150 valence electrons. The van der Waals surface area contributed by atoms with Gasteiger partial charge in [0.2, 0.25) is 0 Å². The van der Waals surface area contributed by atoms with Crippen LogP contribution in [0.5, 0.6) is 5.75 Å². The smallest absolute Gasteiger partial charge is 0.274 e. The highest BCUT2D eigenvalue weighted by molar-refractivity contribution is 6.30. The van der Waals surface area contributed by atoms with Crippen molar-refractivity contribution in [3.63, 3.8) is 0 Å². The van der Waals surface area contributed by atoms with Crippen molar-refractivity contribution in [2.75, 3.05) is 38.2 Å². The van der Waals surface area contributed by atoms with E-state index in [1.54, 1.807) is 18.7 Å². The van der Waals surface area contributed by atoms with Crippen LogP contribution in [-0.4, -0.2) is 59.1 Å². The van der Waals surface area contributed by atoms with Crippen molar-refractivity contribution in [2.45, 2.75) is 6.92 Å². The van der Waals surface area contributed by atoms with Gasteiger partial charge in [-0.3, -0.25) is 4.79 Å². The number of hydrogen-bond acceptors (Lipinski definition) is 5. The maximum atomic E-state index is 13.3. The van der Waals surface area contributed by atoms with Gasteiger partial charge < -0.3 is 14.5 Å². The second kappa shape index (κ2) is 8.13. The summed E-state index contributed by atoms with van der Waals surface area (Å²) < 4.78 is 7.00. The van der Waals surface area contributed by atoms with Crippen LogP contribution in [0.1, 0.15) is 16.2 Å². The van der Waals surface area contributed by atoms with Crippen molar-refractivity contribution in [1.29, 1.82) is 0 Å². The first-order valence-corrected chi connectivity index (χ1v) is 9.82. The molecule has 0 N–H and O–H groups in total. The molecule has 2 aromatic carbocycles. The van der Waals surface area contributed by atoms with Gasteiger partial charge in [-0.1, -0.05) is 35.0 Å². The topological polar surface area (TPSA) is 63.5 Å². The Morgan fingerprint density at radius 3 is 2.55 bits per heavy atom. The molecule has 1 aromatic heterocycles. The quantitative estimate of drug-likeness (QED) is 0.659. The molecule has 7 nitrogen and oxygen atoms in total. The number of carbonyl (C=O) groups excluding carboxylic acids is 1. The minimum atomic E-state index is -0.0795. The number of anilines is 1. The van der Waals surface area contributed by atoms with Gasteiger partial charge in [0.15, 0.2) is 5.69 Å². The molecule has 1 saturated heterocycles. The van der Waals surface area contributed by atoms with Crippen LogP contribution in [0.25, 0.3) is 5.69 Å². The van der Waals surface area contributed by atoms with Crippen LogP contribution in [0.15, 0.2) is 48.5 Å². The van der Waals surface area contributed by atoms with Gasteiger partial charge in [-0.2, -0.15) is 0 Å². The van der Waals surface area contributed by atoms with Crippen LogP contribution >= 0.6 is 11.6 Å². The fourth-order valence-corrected chi connectivity index (χ4v) is 3.75. The molecule has 0 spiro atoms. The molecule has 2 heterocycles. The predicted molar refractivity (Wildman–Crippen MR) is 112 cm³/mol. The number of para-hydroxylation sites is 2. The van der Waals surface area contributed by atoms with E-state index in [1.165, 1.54) is 0 Å². The summed E-state index contributed by atoms with van der Waals surface area (Å²) in [5, 5.41) is 9.05. The molecule has 1 aliphatic rings. The lowest BCUT2D eigenvalue weighted by molar-refractivity contribution is 0.0736. The minimum absolute atomic E-state index is 0.0795. The highest BCUT2D eigenvalue weighted by Gasteiger charge is 2.28. The van der Waals surface area contributed by atoms with E-state index in [4.69, 9.17) is 16.3 Å². The molecular weight excluding hydrogens is 390 g/mol. The number of ether oxygens (including phenoxy) is 1. The first-order valence-electron chi connectivity index (χ1n) is 9.44. The predicted octanol–water partition coefficient (Wildman–Crippen LogP) is 3.20. The van der Waals surface area contributed by atoms with Crippen molar-refractivity contribution < 1.29 is 9.53 Å². The lowest BCUT2D eigenvalue weighted by Crippen LogP contribution is -2.49. The van der Waals surface area contributed by atoms with E-state index in [9.17, 15) is 4.79 Å². The van der Waals surface area contributed by atoms with Gasteiger partial charge in [-0.25, -0.2) is 4.68 Å². The van der Waals surface area contributed by atoms with Gasteiger partial charge in [0, 0.05) is 36.9 Å². The fourth-order valence-electron chi connectivity index (χ4n) is 3.57. The molecule has 0 saturated carbocycles. The zero-order valence-electron chi connectivity index (χ0n) is 16.4. The number of rotatable bonds is 4. The van der Waals surface area contributed by atoms with Crippen LogP contribution in [0.2, 0.25) is 5.02 Å². The molecule has 0 atom stereocenters. The number of benzene rings is 2. The number of aryl methyl sites for hydroxylation is 1. The average Bonchev–Trinajstić information content (AvgIpc) is 3.14. The average molecular weight is 412 g/mol. The number of hydrogen-bond donors (Lipinski definition) is 0. The summed E-state index contributed by atoms with van der Waals surface area (Å²) in [6.07, 6.45) is 0. The van der Waals surface area contributed by atoms with Crippen LogP contribution in [-0.2, 0) is 0 Å². The molecule has 0 radical (unpaired) electrons. The third-order valence-corrected chi connectivity index (χ3v) is 5.33. The first kappa shape index (κ1) is 19.3. The molecule has 0 unspecified atom stereocenters. The van der Waals surface area contributed by atoms with Crippen LogP contribution in [0.3, 0.4) is 0 Å². The van der Waals surface area contributed by atoms with Crippen molar-refractivity contribution >= 4 is 23.2 Å². The van der Waals surface area contributed by atoms with Gasteiger partial charge >= 0.3 is 0 Å². The number of nitrogens with zero attached hydrogens (tertiary/aromatic N) is 5. The van der Waals surface area contributed by atoms with E-state index >= 15 is 0 Å². The number of methoxy groups -OCH3 is 1. The van der Waals surface area contributed by atoms with Crippen LogP contribution in [0, 0.1) is 6.92 Å². The maximum absolute atomic E-state index is 13.3. The summed E-state index contributed by atoms with van der Waals surface area (Å²) in [6.45, 7) is 4.50. The van der Waals surface area contributed by atoms with Gasteiger partial charge in [0.25, 0.3) is 5.91 Å². The zero-order valence-corrected chi connectivity index (χ0v) is 17.1. The SMILES string of the molecule is COc1ccccc1-n1nnc(C)c1C(=O)N1CCN(c2cccc(Cl)c2)CC1. The number of piperazine rings is 1. The van der Waals surface area contributed by atoms with Gasteiger partial charge in [-0.15, -0.1) is 5.10 Å². The third kappa shape index (κ3) is 3.78. The van der Waals surface area contributed by atoms with E-state index in [0.717, 1.165) is 18.8 Å². The highest BCUT2D eigenvalue weighted by Crippen LogP contribution is 2.25. The summed E-state index contributed by atoms with van der Waals surface area (Å²) in [7, 11) is 1.60. The van der Waals surface area contributed by atoms with Crippen LogP contribution in [0.4, 0.5) is 5.69 Å². The van der Waals surface area contributed by atoms with E-state index in [1.807, 2.05) is 53.4 Å². The Kier molecular flexibility index (Phi) is 5.40. The zero-order chi connectivity index (χ0) is 20.4. The Balaban J connectivity index is 1.55. The third-order valence-electron chi connectivity index (χ3n) is 5.09. The number of halogens is 1. The van der Waals surface area contributed by atoms with Crippen molar-refractivity contribution in [2.24, 2.45) is 0 Å². The summed E-state index contributed by atoms with van der Waals surface area (Å²) in [6, 6.07) is 15.2. The monoisotopic (exact) mass is 411 g/mol. The van der Waals surface area contributed by atoms with E-state index in [2.05, 4.69) is 15.2 Å². The normalized spacial score (nSPS) is 14.2. The molecular formula is C21H22ClN5O2. The van der Waals surface area contributed by atoms with Crippen molar-refractivity contribution in [3.05, 3.63) is 64.9 Å². The second-order valence-electron chi connectivity index (χ2n) is 6.87. The summed E-state index contributed by atoms with van der Waals surface area (Å²) >= 11 is 6.11. The van der Waals surface area contributed by atoms with E-state index < -0.39 is 0 Å². The van der Waals surface area contributed by atoms with Crippen LogP contribution < -0.4 is 9.64 Å². The molecule has 1 amide bonds. The van der Waals surface area contributed by atoms with Crippen molar-refractivity contribution in [3.8, 4) is 11.4 Å². The lowest BCUT2D eigenvalue weighted by Gasteiger charge is -2.36. The Bertz CT molecular complexity index is 1030. The number of aromatic nitrogens is 3. The van der Waals surface area contributed by atoms with Gasteiger partial charge in [0.1, 0.15) is 11.4 Å². The molecule has 0 aliphatic carbocycles. The summed E-state index contributed by atoms with van der Waals surface area (Å²) in [5.41, 5.74) is 2.82. The molecule has 0 bridgehead atoms. The Morgan fingerprint density at radius 1 is 1.07 bits per heavy atom. The molecule has 29 heavy (non-hydrogen) atoms. The molecule has 3 aromatic rings. The second-order valence-corrected chi connectivity index (χ2v) is 7.30. The Morgan fingerprint density at radius 2 is 1.83 bits per heavy atom. The number of carbonyl (C=O) groups is 1. The lowest BCUT2D eigenvalue weighted by atomic mass is 10.2. The fraction of sp³-hybridized carbons (Fsp3) is 0.286. The van der Waals surface area contributed by atoms with Gasteiger partial charge in [-0.05, 0) is 37.3 Å². The Hall–Kier alpha value is -3.06. The standard InChI is InChI=1S/C21H22ClN5O2/c1-15-20(27(24-23-15)18-8-3-4-9-19(18)29-2)21(28)26-12-10-25(11-13-26)17-7-5-6-16(22)14-17/h3-9,14H,10-13H2,1-2H3. The largest absolute Gasteiger partial charge is 0.494 e. The molecule has 8 heteroatoms. The minimum Gasteiger partial charge on any atom is -0.494 e. The maximum Gasteiger partial charge on any atom is 0.274 e. The number of amides is 1. The highest BCUT2D eigenvalue weighted by atomic mass is 35.5. The van der Waals surface area contributed by atoms with Crippen molar-refractivity contribution in [1.82, 2.24) is 19.9 Å². The molecule has 4 rings (SSSR count). The van der Waals surface area contributed by atoms with E-state index in [-0.39, 0.29) is 5.91 Å². The Labute approximate surface area is 174 Å². The summed E-state index contributed by atoms with van der Waals surface area (Å²) in [5.74, 6) is 0.557.